The van der Waals surface area contributed by atoms with Crippen molar-refractivity contribution in [1.82, 2.24) is 4.72 Å². The molecule has 1 rings (SSSR count). The van der Waals surface area contributed by atoms with Gasteiger partial charge in [0.25, 0.3) is 0 Å². The molecule has 1 aliphatic carbocycles. The lowest BCUT2D eigenvalue weighted by molar-refractivity contribution is -0.134. The topological polar surface area (TPSA) is 104 Å². The summed E-state index contributed by atoms with van der Waals surface area (Å²) in [5.74, 6) is -2.40. The van der Waals surface area contributed by atoms with Gasteiger partial charge in [-0.05, 0) is 18.8 Å². The molecule has 0 amide bonds. The minimum absolute atomic E-state index is 0.0997. The van der Waals surface area contributed by atoms with E-state index in [1.165, 1.54) is 0 Å². The van der Waals surface area contributed by atoms with Crippen LogP contribution in [0.25, 0.3) is 0 Å². The van der Waals surface area contributed by atoms with Gasteiger partial charge in [0, 0.05) is 6.54 Å². The van der Waals surface area contributed by atoms with Gasteiger partial charge in [-0.1, -0.05) is 12.8 Å². The van der Waals surface area contributed by atoms with E-state index in [1.807, 2.05) is 0 Å². The zero-order valence-corrected chi connectivity index (χ0v) is 9.74. The molecular formula is C9H17NO5S. The van der Waals surface area contributed by atoms with E-state index in [1.54, 1.807) is 0 Å². The first kappa shape index (κ1) is 13.4. The maximum absolute atomic E-state index is 11.2. The second-order valence-corrected chi connectivity index (χ2v) is 5.92. The summed E-state index contributed by atoms with van der Waals surface area (Å²) in [6.07, 6.45) is 2.91. The fraction of sp³-hybridized carbons (Fsp3) is 0.889. The van der Waals surface area contributed by atoms with Crippen LogP contribution >= 0.6 is 0 Å². The first-order chi connectivity index (χ1) is 7.41. The second kappa shape index (κ2) is 5.60. The van der Waals surface area contributed by atoms with E-state index in [4.69, 9.17) is 5.11 Å². The number of aliphatic hydroxyl groups is 1. The van der Waals surface area contributed by atoms with E-state index in [-0.39, 0.29) is 12.5 Å². The van der Waals surface area contributed by atoms with Crippen molar-refractivity contribution in [1.29, 1.82) is 0 Å². The summed E-state index contributed by atoms with van der Waals surface area (Å²) in [6.45, 7) is 0.122. The van der Waals surface area contributed by atoms with Crippen LogP contribution in [0.4, 0.5) is 0 Å². The summed E-state index contributed by atoms with van der Waals surface area (Å²) in [5, 5.41) is 18.0. The third kappa shape index (κ3) is 4.46. The lowest BCUT2D eigenvalue weighted by Crippen LogP contribution is -2.38. The molecule has 0 spiro atoms. The monoisotopic (exact) mass is 251 g/mol. The normalized spacial score (nSPS) is 26.6. The molecule has 1 saturated carbocycles. The highest BCUT2D eigenvalue weighted by Crippen LogP contribution is 2.23. The number of hydrogen-bond donors (Lipinski definition) is 3. The molecule has 0 radical (unpaired) electrons. The zero-order valence-electron chi connectivity index (χ0n) is 8.92. The Morgan fingerprint density at radius 2 is 1.94 bits per heavy atom. The standard InChI is InChI=1S/C9H17NO5S/c11-8-4-2-1-3-7(8)5-10-16(14,15)6-9(12)13/h7-8,10-11H,1-6H2,(H,12,13). The summed E-state index contributed by atoms with van der Waals surface area (Å²) in [7, 11) is -3.76. The van der Waals surface area contributed by atoms with Crippen molar-refractivity contribution in [3.05, 3.63) is 0 Å². The smallest absolute Gasteiger partial charge is 0.320 e. The molecule has 94 valence electrons. The lowest BCUT2D eigenvalue weighted by atomic mass is 9.87. The highest BCUT2D eigenvalue weighted by atomic mass is 32.2. The minimum atomic E-state index is -3.76. The molecular weight excluding hydrogens is 234 g/mol. The van der Waals surface area contributed by atoms with Crippen LogP contribution in [0, 0.1) is 5.92 Å². The average Bonchev–Trinajstić information content (AvgIpc) is 2.14. The number of carboxylic acids is 1. The number of hydrogen-bond acceptors (Lipinski definition) is 4. The van der Waals surface area contributed by atoms with Crippen LogP contribution in [0.15, 0.2) is 0 Å². The highest BCUT2D eigenvalue weighted by Gasteiger charge is 2.25. The van der Waals surface area contributed by atoms with E-state index in [0.717, 1.165) is 19.3 Å². The Kier molecular flexibility index (Phi) is 4.69. The zero-order chi connectivity index (χ0) is 12.2. The van der Waals surface area contributed by atoms with Gasteiger partial charge < -0.3 is 10.2 Å². The molecule has 2 atom stereocenters. The predicted molar refractivity (Wildman–Crippen MR) is 57.4 cm³/mol. The molecule has 0 aromatic carbocycles. The van der Waals surface area contributed by atoms with Crippen LogP contribution in [0.1, 0.15) is 25.7 Å². The van der Waals surface area contributed by atoms with Crippen LogP contribution in [-0.2, 0) is 14.8 Å². The molecule has 0 saturated heterocycles. The van der Waals surface area contributed by atoms with Gasteiger partial charge in [-0.15, -0.1) is 0 Å². The largest absolute Gasteiger partial charge is 0.480 e. The molecule has 0 aromatic heterocycles. The van der Waals surface area contributed by atoms with Crippen LogP contribution < -0.4 is 4.72 Å². The number of carbonyl (C=O) groups is 1. The van der Waals surface area contributed by atoms with Gasteiger partial charge in [0.1, 0.15) is 0 Å². The van der Waals surface area contributed by atoms with Crippen LogP contribution in [0.5, 0.6) is 0 Å². The predicted octanol–water partition coefficient (Wildman–Crippen LogP) is -0.458. The summed E-state index contributed by atoms with van der Waals surface area (Å²) >= 11 is 0. The van der Waals surface area contributed by atoms with Gasteiger partial charge in [0.05, 0.1) is 6.10 Å². The van der Waals surface area contributed by atoms with E-state index < -0.39 is 27.8 Å². The highest BCUT2D eigenvalue weighted by molar-refractivity contribution is 7.90. The average molecular weight is 251 g/mol. The van der Waals surface area contributed by atoms with Gasteiger partial charge in [-0.2, -0.15) is 0 Å². The Morgan fingerprint density at radius 1 is 1.31 bits per heavy atom. The van der Waals surface area contributed by atoms with Crippen LogP contribution in [0.2, 0.25) is 0 Å². The first-order valence-corrected chi connectivity index (χ1v) is 6.93. The number of aliphatic carboxylic acids is 1. The van der Waals surface area contributed by atoms with Crippen molar-refractivity contribution >= 4 is 16.0 Å². The van der Waals surface area contributed by atoms with E-state index >= 15 is 0 Å². The Hall–Kier alpha value is -0.660. The third-order valence-corrected chi connectivity index (χ3v) is 3.98. The van der Waals surface area contributed by atoms with Crippen molar-refractivity contribution < 1.29 is 23.4 Å². The SMILES string of the molecule is O=C(O)CS(=O)(=O)NCC1CCCCC1O. The Morgan fingerprint density at radius 3 is 2.50 bits per heavy atom. The number of nitrogens with one attached hydrogen (secondary N) is 1. The van der Waals surface area contributed by atoms with E-state index in [9.17, 15) is 18.3 Å². The summed E-state index contributed by atoms with van der Waals surface area (Å²) in [4.78, 5) is 10.3. The van der Waals surface area contributed by atoms with Gasteiger partial charge in [0.2, 0.25) is 10.0 Å². The maximum atomic E-state index is 11.2. The number of aliphatic hydroxyl groups excluding tert-OH is 1. The summed E-state index contributed by atoms with van der Waals surface area (Å²) < 4.78 is 24.7. The number of carboxylic acid groups (broad SMARTS) is 1. The Balaban J connectivity index is 2.41. The van der Waals surface area contributed by atoms with E-state index in [0.29, 0.717) is 6.42 Å². The molecule has 3 N–H and O–H groups in total. The first-order valence-electron chi connectivity index (χ1n) is 5.28. The number of sulfonamides is 1. The second-order valence-electron chi connectivity index (χ2n) is 4.11. The quantitative estimate of drug-likeness (QED) is 0.613. The van der Waals surface area contributed by atoms with Crippen molar-refractivity contribution in [3.8, 4) is 0 Å². The Labute approximate surface area is 94.7 Å². The molecule has 7 heteroatoms. The van der Waals surface area contributed by atoms with Gasteiger partial charge in [-0.3, -0.25) is 4.79 Å². The molecule has 0 aromatic rings. The van der Waals surface area contributed by atoms with Crippen LogP contribution in [-0.4, -0.2) is 43.0 Å². The molecule has 16 heavy (non-hydrogen) atoms. The molecule has 0 bridgehead atoms. The molecule has 1 aliphatic rings. The fourth-order valence-corrected chi connectivity index (χ4v) is 2.77. The lowest BCUT2D eigenvalue weighted by Gasteiger charge is -2.27. The number of rotatable bonds is 5. The Bertz CT molecular complexity index is 340. The van der Waals surface area contributed by atoms with Gasteiger partial charge in [-0.25, -0.2) is 13.1 Å². The molecule has 0 aliphatic heterocycles. The fourth-order valence-electron chi connectivity index (χ4n) is 1.87. The summed E-state index contributed by atoms with van der Waals surface area (Å²) in [6, 6.07) is 0. The van der Waals surface area contributed by atoms with Gasteiger partial charge in [0.15, 0.2) is 5.75 Å². The third-order valence-electron chi connectivity index (χ3n) is 2.75. The minimum Gasteiger partial charge on any atom is -0.480 e. The molecule has 0 heterocycles. The van der Waals surface area contributed by atoms with Crippen molar-refractivity contribution in [3.63, 3.8) is 0 Å². The van der Waals surface area contributed by atoms with Crippen molar-refractivity contribution in [2.24, 2.45) is 5.92 Å². The molecule has 6 nitrogen and oxygen atoms in total. The molecule has 2 unspecified atom stereocenters. The van der Waals surface area contributed by atoms with Crippen molar-refractivity contribution in [2.45, 2.75) is 31.8 Å². The maximum Gasteiger partial charge on any atom is 0.320 e. The van der Waals surface area contributed by atoms with E-state index in [2.05, 4.69) is 4.72 Å². The summed E-state index contributed by atoms with van der Waals surface area (Å²) in [5.41, 5.74) is 0. The van der Waals surface area contributed by atoms with Crippen molar-refractivity contribution in [2.75, 3.05) is 12.3 Å². The molecule has 1 fully saturated rings. The van der Waals surface area contributed by atoms with Crippen LogP contribution in [0.3, 0.4) is 0 Å². The van der Waals surface area contributed by atoms with Gasteiger partial charge >= 0.3 is 5.97 Å².